The number of piperidine rings is 1. The van der Waals surface area contributed by atoms with Crippen LogP contribution in [-0.2, 0) is 16.6 Å². The van der Waals surface area contributed by atoms with Crippen molar-refractivity contribution < 1.29 is 9.90 Å². The van der Waals surface area contributed by atoms with Crippen LogP contribution in [0.1, 0.15) is 69.4 Å². The van der Waals surface area contributed by atoms with Gasteiger partial charge in [0, 0.05) is 30.8 Å². The Kier molecular flexibility index (Phi) is 4.34. The summed E-state index contributed by atoms with van der Waals surface area (Å²) in [6.07, 6.45) is 10.2. The smallest absolute Gasteiger partial charge is 0.134 e. The van der Waals surface area contributed by atoms with E-state index in [9.17, 15) is 9.90 Å². The molecule has 3 heteroatoms. The molecule has 3 aliphatic carbocycles. The Hall–Kier alpha value is -1.35. The molecule has 3 nitrogen and oxygen atoms in total. The van der Waals surface area contributed by atoms with E-state index in [1.54, 1.807) is 0 Å². The van der Waals surface area contributed by atoms with Crippen LogP contribution in [-0.4, -0.2) is 34.9 Å². The highest BCUT2D eigenvalue weighted by atomic mass is 16.3. The molecule has 5 rings (SSSR count). The summed E-state index contributed by atoms with van der Waals surface area (Å²) in [5, 5.41) is 10.2. The summed E-state index contributed by atoms with van der Waals surface area (Å²) in [5.41, 5.74) is 2.67. The Labute approximate surface area is 163 Å². The zero-order valence-electron chi connectivity index (χ0n) is 16.6. The molecule has 1 aliphatic heterocycles. The van der Waals surface area contributed by atoms with Gasteiger partial charge in [-0.3, -0.25) is 9.69 Å². The second-order valence-electron chi connectivity index (χ2n) is 9.81. The molecular formula is C24H33NO2. The molecule has 1 N–H and O–H groups in total. The second-order valence-corrected chi connectivity index (χ2v) is 9.81. The lowest BCUT2D eigenvalue weighted by molar-refractivity contribution is -0.132. The van der Waals surface area contributed by atoms with Gasteiger partial charge in [-0.15, -0.1) is 0 Å². The van der Waals surface area contributed by atoms with E-state index < -0.39 is 0 Å². The highest BCUT2D eigenvalue weighted by molar-refractivity contribution is 5.82. The maximum Gasteiger partial charge on any atom is 0.134 e. The lowest BCUT2D eigenvalue weighted by atomic mass is 9.48. The molecule has 1 aromatic rings. The number of hydrogen-bond acceptors (Lipinski definition) is 3. The third kappa shape index (κ3) is 2.76. The molecule has 1 aromatic carbocycles. The number of phenols is 1. The van der Waals surface area contributed by atoms with Gasteiger partial charge in [0.15, 0.2) is 0 Å². The fraction of sp³-hybridized carbons (Fsp3) is 0.708. The first kappa shape index (κ1) is 17.7. The van der Waals surface area contributed by atoms with Crippen molar-refractivity contribution in [2.24, 2.45) is 17.8 Å². The monoisotopic (exact) mass is 367 g/mol. The Morgan fingerprint density at radius 3 is 2.85 bits per heavy atom. The van der Waals surface area contributed by atoms with Crippen molar-refractivity contribution in [1.29, 1.82) is 0 Å². The van der Waals surface area contributed by atoms with E-state index in [1.807, 2.05) is 12.1 Å². The van der Waals surface area contributed by atoms with Crippen molar-refractivity contribution in [2.75, 3.05) is 13.1 Å². The molecule has 2 unspecified atom stereocenters. The normalized spacial score (nSPS) is 36.0. The molecular weight excluding hydrogens is 334 g/mol. The molecule has 27 heavy (non-hydrogen) atoms. The van der Waals surface area contributed by atoms with Crippen molar-refractivity contribution in [3.63, 3.8) is 0 Å². The molecule has 0 radical (unpaired) electrons. The Balaban J connectivity index is 1.59. The van der Waals surface area contributed by atoms with E-state index in [4.69, 9.17) is 0 Å². The number of rotatable bonds is 4. The summed E-state index contributed by atoms with van der Waals surface area (Å²) < 4.78 is 0. The number of carbonyl (C=O) groups excluding carboxylic acids is 1. The van der Waals surface area contributed by atoms with Crippen molar-refractivity contribution >= 4 is 5.78 Å². The van der Waals surface area contributed by atoms with Crippen LogP contribution in [0, 0.1) is 17.8 Å². The minimum absolute atomic E-state index is 0.0255. The summed E-state index contributed by atoms with van der Waals surface area (Å²) in [7, 11) is 0. The summed E-state index contributed by atoms with van der Waals surface area (Å²) in [4.78, 5) is 15.6. The van der Waals surface area contributed by atoms with E-state index >= 15 is 0 Å². The third-order valence-electron chi connectivity index (χ3n) is 8.31. The van der Waals surface area contributed by atoms with E-state index in [-0.39, 0.29) is 5.41 Å². The number of likely N-dealkylation sites (tertiary alicyclic amines) is 1. The van der Waals surface area contributed by atoms with Gasteiger partial charge in [-0.2, -0.15) is 0 Å². The highest BCUT2D eigenvalue weighted by Crippen LogP contribution is 2.58. The predicted molar refractivity (Wildman–Crippen MR) is 107 cm³/mol. The van der Waals surface area contributed by atoms with Gasteiger partial charge in [-0.1, -0.05) is 25.8 Å². The predicted octanol–water partition coefficient (Wildman–Crippen LogP) is 4.46. The summed E-state index contributed by atoms with van der Waals surface area (Å²) in [6.45, 7) is 4.65. The standard InChI is InChI=1S/C24H33NO2/c1-2-4-18-11-20(27)14-24-9-10-25(15-16-5-3-6-16)22(23(18)24)12-17-7-8-19(26)13-21(17)24/h7-8,13,16,18,22-23,26H,2-6,9-12,14-15H2,1H3/t18-,22?,23-,24?/m0/s1. The fourth-order valence-electron chi connectivity index (χ4n) is 7.07. The van der Waals surface area contributed by atoms with Crippen LogP contribution in [0.5, 0.6) is 5.75 Å². The number of ketones is 1. The van der Waals surface area contributed by atoms with Crippen LogP contribution in [0.4, 0.5) is 0 Å². The van der Waals surface area contributed by atoms with Crippen LogP contribution in [0.15, 0.2) is 18.2 Å². The van der Waals surface area contributed by atoms with Crippen molar-refractivity contribution in [1.82, 2.24) is 4.90 Å². The maximum absolute atomic E-state index is 12.8. The average Bonchev–Trinajstić information content (AvgIpc) is 2.60. The minimum Gasteiger partial charge on any atom is -0.508 e. The van der Waals surface area contributed by atoms with E-state index in [0.717, 1.165) is 38.1 Å². The molecule has 2 saturated carbocycles. The molecule has 2 bridgehead atoms. The number of nitrogens with zero attached hydrogens (tertiary/aromatic N) is 1. The second kappa shape index (κ2) is 6.62. The van der Waals surface area contributed by atoms with E-state index in [1.165, 1.54) is 43.4 Å². The van der Waals surface area contributed by atoms with Crippen LogP contribution < -0.4 is 0 Å². The molecule has 4 aliphatic rings. The average molecular weight is 368 g/mol. The summed E-state index contributed by atoms with van der Waals surface area (Å²) in [6, 6.07) is 6.56. The molecule has 146 valence electrons. The van der Waals surface area contributed by atoms with E-state index in [0.29, 0.717) is 35.8 Å². The SMILES string of the molecule is CCC[C@H]1CC(=O)CC23CCN(CC4CCC4)C(Cc4ccc(O)cc42)[C@H]13. The van der Waals surface area contributed by atoms with Crippen LogP contribution >= 0.6 is 0 Å². The zero-order valence-corrected chi connectivity index (χ0v) is 16.6. The number of aromatic hydroxyl groups is 1. The molecule has 0 amide bonds. The molecule has 1 saturated heterocycles. The topological polar surface area (TPSA) is 40.5 Å². The van der Waals surface area contributed by atoms with Gasteiger partial charge in [0.2, 0.25) is 0 Å². The first-order valence-electron chi connectivity index (χ1n) is 11.2. The summed E-state index contributed by atoms with van der Waals surface area (Å²) in [5.74, 6) is 2.81. The van der Waals surface area contributed by atoms with Gasteiger partial charge >= 0.3 is 0 Å². The number of fused-ring (bicyclic) bond motifs is 1. The number of benzene rings is 1. The first-order chi connectivity index (χ1) is 13.1. The Bertz CT molecular complexity index is 740. The van der Waals surface area contributed by atoms with Gasteiger partial charge in [0.1, 0.15) is 11.5 Å². The number of hydrogen-bond donors (Lipinski definition) is 1. The lowest BCUT2D eigenvalue weighted by Crippen LogP contribution is -2.65. The van der Waals surface area contributed by atoms with Gasteiger partial charge in [-0.05, 0) is 79.7 Å². The van der Waals surface area contributed by atoms with Gasteiger partial charge in [-0.25, -0.2) is 0 Å². The first-order valence-corrected chi connectivity index (χ1v) is 11.2. The lowest BCUT2D eigenvalue weighted by Gasteiger charge is -2.61. The Morgan fingerprint density at radius 2 is 2.11 bits per heavy atom. The van der Waals surface area contributed by atoms with Gasteiger partial charge < -0.3 is 5.11 Å². The van der Waals surface area contributed by atoms with Crippen molar-refractivity contribution in [3.05, 3.63) is 29.3 Å². The quantitative estimate of drug-likeness (QED) is 0.854. The van der Waals surface area contributed by atoms with E-state index in [2.05, 4.69) is 17.9 Å². The molecule has 1 heterocycles. The van der Waals surface area contributed by atoms with Gasteiger partial charge in [0.25, 0.3) is 0 Å². The molecule has 0 aromatic heterocycles. The minimum atomic E-state index is -0.0255. The number of phenolic OH excluding ortho intramolecular Hbond substituents is 1. The molecule has 4 atom stereocenters. The third-order valence-corrected chi connectivity index (χ3v) is 8.31. The zero-order chi connectivity index (χ0) is 18.6. The summed E-state index contributed by atoms with van der Waals surface area (Å²) >= 11 is 0. The highest BCUT2D eigenvalue weighted by Gasteiger charge is 2.58. The molecule has 3 fully saturated rings. The van der Waals surface area contributed by atoms with Crippen LogP contribution in [0.3, 0.4) is 0 Å². The number of carbonyl (C=O) groups is 1. The fourth-order valence-corrected chi connectivity index (χ4v) is 7.07. The molecule has 0 spiro atoms. The maximum atomic E-state index is 12.8. The largest absolute Gasteiger partial charge is 0.508 e. The van der Waals surface area contributed by atoms with Crippen LogP contribution in [0.25, 0.3) is 0 Å². The Morgan fingerprint density at radius 1 is 1.26 bits per heavy atom. The van der Waals surface area contributed by atoms with Crippen molar-refractivity contribution in [3.8, 4) is 5.75 Å². The van der Waals surface area contributed by atoms with Crippen LogP contribution in [0.2, 0.25) is 0 Å². The van der Waals surface area contributed by atoms with Gasteiger partial charge in [0.05, 0.1) is 0 Å². The van der Waals surface area contributed by atoms with Crippen molar-refractivity contribution in [2.45, 2.75) is 76.2 Å². The number of Topliss-reactive ketones (excluding diaryl/α,β-unsaturated/α-hetero) is 1.